The molecule has 0 aliphatic carbocycles. The number of hydrogen-bond acceptors (Lipinski definition) is 4. The summed E-state index contributed by atoms with van der Waals surface area (Å²) in [4.78, 5) is 4.50. The van der Waals surface area contributed by atoms with Crippen LogP contribution in [0.25, 0.3) is 0 Å². The van der Waals surface area contributed by atoms with Gasteiger partial charge in [-0.3, -0.25) is 4.21 Å². The average molecular weight is 234 g/mol. The van der Waals surface area contributed by atoms with E-state index in [-0.39, 0.29) is 0 Å². The summed E-state index contributed by atoms with van der Waals surface area (Å²) in [6.07, 6.45) is 1.15. The first kappa shape index (κ1) is 13.1. The Labute approximate surface area is 94.4 Å². The number of nitrogens with zero attached hydrogens (tertiary/aromatic N) is 3. The van der Waals surface area contributed by atoms with E-state index in [4.69, 9.17) is 0 Å². The molecule has 1 saturated heterocycles. The Kier molecular flexibility index (Phi) is 5.70. The van der Waals surface area contributed by atoms with Gasteiger partial charge in [0.15, 0.2) is 0 Å². The third-order valence-corrected chi connectivity index (χ3v) is 3.41. The molecule has 0 bridgehead atoms. The second kappa shape index (κ2) is 6.55. The SMILES string of the molecule is CN(C)CCCN1CCN(S(=O)[O-])CC1. The monoisotopic (exact) mass is 234 g/mol. The lowest BCUT2D eigenvalue weighted by Gasteiger charge is -2.35. The standard InChI is InChI=1S/C9H21N3O2S/c1-10(2)4-3-5-11-6-8-12(9-7-11)15(13)14/h3-9H2,1-2H3,(H,13,14)/p-1. The smallest absolute Gasteiger partial charge is 0.0230 e. The van der Waals surface area contributed by atoms with Crippen LogP contribution in [0.5, 0.6) is 0 Å². The van der Waals surface area contributed by atoms with Crippen LogP contribution in [0.3, 0.4) is 0 Å². The lowest BCUT2D eigenvalue weighted by molar-refractivity contribution is 0.179. The first-order valence-electron chi connectivity index (χ1n) is 5.31. The molecule has 1 rings (SSSR count). The highest BCUT2D eigenvalue weighted by Gasteiger charge is 2.16. The predicted octanol–water partition coefficient (Wildman–Crippen LogP) is -0.650. The molecular formula is C9H20N3O2S-. The van der Waals surface area contributed by atoms with Crippen LogP contribution in [-0.2, 0) is 11.3 Å². The molecule has 1 atom stereocenters. The van der Waals surface area contributed by atoms with E-state index < -0.39 is 11.3 Å². The molecule has 0 N–H and O–H groups in total. The van der Waals surface area contributed by atoms with Gasteiger partial charge in [0.1, 0.15) is 0 Å². The van der Waals surface area contributed by atoms with E-state index in [1.807, 2.05) is 0 Å². The molecule has 1 aliphatic rings. The summed E-state index contributed by atoms with van der Waals surface area (Å²) in [6, 6.07) is 0. The van der Waals surface area contributed by atoms with Crippen LogP contribution in [0.1, 0.15) is 6.42 Å². The van der Waals surface area contributed by atoms with Crippen molar-refractivity contribution in [3.05, 3.63) is 0 Å². The van der Waals surface area contributed by atoms with Crippen molar-refractivity contribution in [1.29, 1.82) is 0 Å². The second-order valence-corrected chi connectivity index (χ2v) is 5.10. The fourth-order valence-electron chi connectivity index (χ4n) is 1.71. The molecule has 0 saturated carbocycles. The van der Waals surface area contributed by atoms with E-state index in [0.29, 0.717) is 13.1 Å². The summed E-state index contributed by atoms with van der Waals surface area (Å²) >= 11 is -2.03. The molecule has 6 heteroatoms. The van der Waals surface area contributed by atoms with Crippen molar-refractivity contribution in [3.8, 4) is 0 Å². The van der Waals surface area contributed by atoms with Crippen LogP contribution in [0.15, 0.2) is 0 Å². The lowest BCUT2D eigenvalue weighted by atomic mass is 10.3. The Morgan fingerprint density at radius 2 is 1.87 bits per heavy atom. The minimum absolute atomic E-state index is 0.637. The largest absolute Gasteiger partial charge is 0.760 e. The van der Waals surface area contributed by atoms with Gasteiger partial charge < -0.3 is 14.4 Å². The van der Waals surface area contributed by atoms with Crippen molar-refractivity contribution < 1.29 is 8.76 Å². The maximum absolute atomic E-state index is 10.7. The molecule has 90 valence electrons. The molecule has 1 unspecified atom stereocenters. The summed E-state index contributed by atoms with van der Waals surface area (Å²) in [7, 11) is 4.14. The van der Waals surface area contributed by atoms with E-state index >= 15 is 0 Å². The molecule has 0 aromatic carbocycles. The summed E-state index contributed by atoms with van der Waals surface area (Å²) in [5, 5.41) is 0. The maximum Gasteiger partial charge on any atom is 0.0230 e. The third-order valence-electron chi connectivity index (χ3n) is 2.62. The number of piperazine rings is 1. The summed E-state index contributed by atoms with van der Waals surface area (Å²) in [6.45, 7) is 5.16. The molecule has 0 aromatic heterocycles. The van der Waals surface area contributed by atoms with Gasteiger partial charge in [0, 0.05) is 37.4 Å². The quantitative estimate of drug-likeness (QED) is 0.593. The van der Waals surface area contributed by atoms with Gasteiger partial charge >= 0.3 is 0 Å². The topological polar surface area (TPSA) is 49.8 Å². The van der Waals surface area contributed by atoms with Crippen LogP contribution in [0, 0.1) is 0 Å². The molecule has 0 aromatic rings. The van der Waals surface area contributed by atoms with Gasteiger partial charge in [0.2, 0.25) is 0 Å². The van der Waals surface area contributed by atoms with E-state index in [2.05, 4.69) is 23.9 Å². The first-order chi connectivity index (χ1) is 7.09. The van der Waals surface area contributed by atoms with Crippen LogP contribution in [-0.4, -0.2) is 76.2 Å². The van der Waals surface area contributed by atoms with Crippen molar-refractivity contribution in [2.75, 3.05) is 53.4 Å². The van der Waals surface area contributed by atoms with Crippen LogP contribution >= 0.6 is 0 Å². The van der Waals surface area contributed by atoms with Crippen LogP contribution in [0.4, 0.5) is 0 Å². The van der Waals surface area contributed by atoms with Crippen molar-refractivity contribution in [2.24, 2.45) is 0 Å². The van der Waals surface area contributed by atoms with Gasteiger partial charge in [-0.25, -0.2) is 4.31 Å². The highest BCUT2D eigenvalue weighted by atomic mass is 32.2. The third kappa shape index (κ3) is 5.03. The van der Waals surface area contributed by atoms with Crippen molar-refractivity contribution in [2.45, 2.75) is 6.42 Å². The average Bonchev–Trinajstić information content (AvgIpc) is 2.18. The lowest BCUT2D eigenvalue weighted by Crippen LogP contribution is -2.47. The van der Waals surface area contributed by atoms with Crippen molar-refractivity contribution in [3.63, 3.8) is 0 Å². The molecule has 0 amide bonds. The Hall–Kier alpha value is -0.0100. The van der Waals surface area contributed by atoms with E-state index in [0.717, 1.165) is 32.6 Å². The van der Waals surface area contributed by atoms with Crippen LogP contribution < -0.4 is 0 Å². The molecule has 5 nitrogen and oxygen atoms in total. The Morgan fingerprint density at radius 1 is 1.27 bits per heavy atom. The summed E-state index contributed by atoms with van der Waals surface area (Å²) in [5.41, 5.74) is 0. The number of rotatable bonds is 5. The van der Waals surface area contributed by atoms with E-state index in [1.165, 1.54) is 4.31 Å². The van der Waals surface area contributed by atoms with Crippen molar-refractivity contribution >= 4 is 11.3 Å². The normalized spacial score (nSPS) is 22.1. The Bertz CT molecular complexity index is 206. The summed E-state index contributed by atoms with van der Waals surface area (Å²) < 4.78 is 22.8. The maximum atomic E-state index is 10.7. The Morgan fingerprint density at radius 3 is 2.33 bits per heavy atom. The van der Waals surface area contributed by atoms with Gasteiger partial charge in [-0.2, -0.15) is 0 Å². The van der Waals surface area contributed by atoms with Gasteiger partial charge in [0.25, 0.3) is 0 Å². The minimum atomic E-state index is -2.03. The summed E-state index contributed by atoms with van der Waals surface area (Å²) in [5.74, 6) is 0. The molecule has 0 spiro atoms. The van der Waals surface area contributed by atoms with Gasteiger partial charge in [-0.05, 0) is 33.6 Å². The predicted molar refractivity (Wildman–Crippen MR) is 60.1 cm³/mol. The molecule has 0 radical (unpaired) electrons. The first-order valence-corrected chi connectivity index (χ1v) is 6.34. The number of hydrogen-bond donors (Lipinski definition) is 0. The highest BCUT2D eigenvalue weighted by molar-refractivity contribution is 7.76. The zero-order valence-electron chi connectivity index (χ0n) is 9.52. The zero-order chi connectivity index (χ0) is 11.3. The van der Waals surface area contributed by atoms with Gasteiger partial charge in [-0.1, -0.05) is 0 Å². The minimum Gasteiger partial charge on any atom is -0.760 e. The van der Waals surface area contributed by atoms with Crippen LogP contribution in [0.2, 0.25) is 0 Å². The molecule has 1 fully saturated rings. The van der Waals surface area contributed by atoms with E-state index in [1.54, 1.807) is 0 Å². The molecular weight excluding hydrogens is 214 g/mol. The van der Waals surface area contributed by atoms with Gasteiger partial charge in [0.05, 0.1) is 0 Å². The molecule has 15 heavy (non-hydrogen) atoms. The second-order valence-electron chi connectivity index (χ2n) is 4.14. The zero-order valence-corrected chi connectivity index (χ0v) is 10.3. The van der Waals surface area contributed by atoms with E-state index in [9.17, 15) is 8.76 Å². The molecule has 1 aliphatic heterocycles. The molecule has 1 heterocycles. The Balaban J connectivity index is 2.12. The van der Waals surface area contributed by atoms with Gasteiger partial charge in [-0.15, -0.1) is 0 Å². The van der Waals surface area contributed by atoms with Crippen molar-refractivity contribution in [1.82, 2.24) is 14.1 Å². The fraction of sp³-hybridized carbons (Fsp3) is 1.00. The fourth-order valence-corrected chi connectivity index (χ4v) is 2.17. The highest BCUT2D eigenvalue weighted by Crippen LogP contribution is 2.03.